The van der Waals surface area contributed by atoms with Gasteiger partial charge in [-0.3, -0.25) is 4.79 Å². The van der Waals surface area contributed by atoms with Gasteiger partial charge < -0.3 is 9.64 Å². The second-order valence-electron chi connectivity index (χ2n) is 5.52. The van der Waals surface area contributed by atoms with Crippen LogP contribution in [0.3, 0.4) is 0 Å². The molecule has 0 bridgehead atoms. The molecule has 0 radical (unpaired) electrons. The molecule has 0 N–H and O–H groups in total. The molecule has 3 nitrogen and oxygen atoms in total. The van der Waals surface area contributed by atoms with E-state index in [1.807, 2.05) is 30.3 Å². The van der Waals surface area contributed by atoms with Gasteiger partial charge in [0.25, 0.3) is 5.91 Å². The Labute approximate surface area is 133 Å². The molecular weight excluding hydrogens is 300 g/mol. The lowest BCUT2D eigenvalue weighted by Gasteiger charge is -2.23. The lowest BCUT2D eigenvalue weighted by Crippen LogP contribution is -2.33. The van der Waals surface area contributed by atoms with Crippen molar-refractivity contribution < 1.29 is 18.3 Å². The zero-order chi connectivity index (χ0) is 16.2. The van der Waals surface area contributed by atoms with E-state index < -0.39 is 6.61 Å². The number of alkyl halides is 2. The summed E-state index contributed by atoms with van der Waals surface area (Å²) in [4.78, 5) is 14.6. The molecule has 0 aromatic heterocycles. The first kappa shape index (κ1) is 15.5. The molecule has 1 fully saturated rings. The highest BCUT2D eigenvalue weighted by Crippen LogP contribution is 2.32. The summed E-state index contributed by atoms with van der Waals surface area (Å²) in [6.07, 6.45) is 1.88. The lowest BCUT2D eigenvalue weighted by atomic mass is 10.1. The first-order valence-electron chi connectivity index (χ1n) is 7.54. The lowest BCUT2D eigenvalue weighted by molar-refractivity contribution is -0.0503. The number of benzene rings is 2. The van der Waals surface area contributed by atoms with E-state index >= 15 is 0 Å². The molecule has 0 aliphatic heterocycles. The van der Waals surface area contributed by atoms with E-state index in [1.165, 1.54) is 12.1 Å². The predicted octanol–water partition coefficient (Wildman–Crippen LogP) is 4.09. The van der Waals surface area contributed by atoms with Crippen molar-refractivity contribution in [3.8, 4) is 5.75 Å². The molecule has 120 valence electrons. The number of nitrogens with zero attached hydrogens (tertiary/aromatic N) is 1. The van der Waals surface area contributed by atoms with E-state index in [2.05, 4.69) is 4.74 Å². The van der Waals surface area contributed by atoms with Crippen molar-refractivity contribution in [2.45, 2.75) is 32.0 Å². The number of carbonyl (C=O) groups excluding carboxylic acids is 1. The van der Waals surface area contributed by atoms with Gasteiger partial charge in [-0.1, -0.05) is 42.5 Å². The van der Waals surface area contributed by atoms with E-state index in [0.717, 1.165) is 18.4 Å². The molecule has 1 aliphatic carbocycles. The van der Waals surface area contributed by atoms with Gasteiger partial charge >= 0.3 is 6.61 Å². The zero-order valence-electron chi connectivity index (χ0n) is 12.5. The Morgan fingerprint density at radius 1 is 1.09 bits per heavy atom. The molecule has 1 aliphatic rings. The minimum Gasteiger partial charge on any atom is -0.434 e. The maximum absolute atomic E-state index is 12.8. The van der Waals surface area contributed by atoms with Crippen LogP contribution in [0.25, 0.3) is 0 Å². The molecule has 5 heteroatoms. The summed E-state index contributed by atoms with van der Waals surface area (Å²) < 4.78 is 29.6. The van der Waals surface area contributed by atoms with E-state index in [0.29, 0.717) is 6.54 Å². The fourth-order valence-electron chi connectivity index (χ4n) is 2.53. The van der Waals surface area contributed by atoms with Crippen LogP contribution in [-0.2, 0) is 6.54 Å². The predicted molar refractivity (Wildman–Crippen MR) is 82.4 cm³/mol. The summed E-state index contributed by atoms with van der Waals surface area (Å²) in [5.74, 6) is -0.348. The Kier molecular flexibility index (Phi) is 4.55. The Bertz CT molecular complexity index is 672. The summed E-state index contributed by atoms with van der Waals surface area (Å²) in [5, 5.41) is 0. The van der Waals surface area contributed by atoms with Gasteiger partial charge in [0.15, 0.2) is 0 Å². The second kappa shape index (κ2) is 6.77. The molecule has 3 rings (SSSR count). The van der Waals surface area contributed by atoms with Crippen LogP contribution in [0.2, 0.25) is 0 Å². The average molecular weight is 317 g/mol. The van der Waals surface area contributed by atoms with Crippen LogP contribution in [0.4, 0.5) is 8.78 Å². The van der Waals surface area contributed by atoms with Crippen LogP contribution in [0.15, 0.2) is 54.6 Å². The van der Waals surface area contributed by atoms with Gasteiger partial charge in [0.1, 0.15) is 5.75 Å². The molecule has 0 spiro atoms. The fraction of sp³-hybridized carbons (Fsp3) is 0.278. The summed E-state index contributed by atoms with van der Waals surface area (Å²) in [6, 6.07) is 16.0. The van der Waals surface area contributed by atoms with Gasteiger partial charge in [0.2, 0.25) is 0 Å². The van der Waals surface area contributed by atoms with Crippen molar-refractivity contribution in [1.82, 2.24) is 4.90 Å². The van der Waals surface area contributed by atoms with Crippen molar-refractivity contribution in [3.05, 3.63) is 65.7 Å². The average Bonchev–Trinajstić information content (AvgIpc) is 3.38. The molecule has 23 heavy (non-hydrogen) atoms. The maximum Gasteiger partial charge on any atom is 0.387 e. The van der Waals surface area contributed by atoms with E-state index in [-0.39, 0.29) is 23.3 Å². The van der Waals surface area contributed by atoms with E-state index in [4.69, 9.17) is 0 Å². The van der Waals surface area contributed by atoms with Gasteiger partial charge in [-0.15, -0.1) is 0 Å². The zero-order valence-corrected chi connectivity index (χ0v) is 12.5. The Morgan fingerprint density at radius 3 is 2.39 bits per heavy atom. The highest BCUT2D eigenvalue weighted by atomic mass is 19.3. The van der Waals surface area contributed by atoms with E-state index in [9.17, 15) is 13.6 Å². The maximum atomic E-state index is 12.8. The molecule has 0 heterocycles. The van der Waals surface area contributed by atoms with Crippen LogP contribution in [-0.4, -0.2) is 23.5 Å². The third-order valence-corrected chi connectivity index (χ3v) is 3.78. The van der Waals surface area contributed by atoms with Crippen molar-refractivity contribution in [3.63, 3.8) is 0 Å². The number of hydrogen-bond donors (Lipinski definition) is 0. The summed E-state index contributed by atoms with van der Waals surface area (Å²) in [7, 11) is 0. The number of para-hydroxylation sites is 1. The second-order valence-corrected chi connectivity index (χ2v) is 5.52. The highest BCUT2D eigenvalue weighted by molar-refractivity contribution is 5.97. The molecule has 0 saturated heterocycles. The third-order valence-electron chi connectivity index (χ3n) is 3.78. The Morgan fingerprint density at radius 2 is 1.74 bits per heavy atom. The third kappa shape index (κ3) is 3.86. The number of ether oxygens (including phenoxy) is 1. The molecule has 2 aromatic rings. The molecule has 0 unspecified atom stereocenters. The number of carbonyl (C=O) groups is 1. The van der Waals surface area contributed by atoms with Gasteiger partial charge in [-0.25, -0.2) is 0 Å². The SMILES string of the molecule is O=C(c1ccccc1OC(F)F)N(Cc1ccccc1)C1CC1. The first-order valence-corrected chi connectivity index (χ1v) is 7.54. The summed E-state index contributed by atoms with van der Waals surface area (Å²) >= 11 is 0. The van der Waals surface area contributed by atoms with Gasteiger partial charge in [-0.2, -0.15) is 8.78 Å². The Hall–Kier alpha value is -2.43. The molecular formula is C18H17F2NO2. The van der Waals surface area contributed by atoms with Crippen LogP contribution < -0.4 is 4.74 Å². The summed E-state index contributed by atoms with van der Waals surface area (Å²) in [6.45, 7) is -2.49. The standard InChI is InChI=1S/C18H17F2NO2/c19-18(20)23-16-9-5-4-8-15(16)17(22)21(14-10-11-14)12-13-6-2-1-3-7-13/h1-9,14,18H,10-12H2. The number of hydrogen-bond acceptors (Lipinski definition) is 2. The Balaban J connectivity index is 1.84. The monoisotopic (exact) mass is 317 g/mol. The smallest absolute Gasteiger partial charge is 0.387 e. The number of rotatable bonds is 6. The summed E-state index contributed by atoms with van der Waals surface area (Å²) in [5.41, 5.74) is 1.19. The minimum atomic E-state index is -2.95. The van der Waals surface area contributed by atoms with Crippen molar-refractivity contribution in [2.24, 2.45) is 0 Å². The highest BCUT2D eigenvalue weighted by Gasteiger charge is 2.34. The fourth-order valence-corrected chi connectivity index (χ4v) is 2.53. The largest absolute Gasteiger partial charge is 0.434 e. The van der Waals surface area contributed by atoms with Gasteiger partial charge in [0, 0.05) is 12.6 Å². The number of halogens is 2. The molecule has 1 amide bonds. The molecule has 2 aromatic carbocycles. The van der Waals surface area contributed by atoms with E-state index in [1.54, 1.807) is 17.0 Å². The van der Waals surface area contributed by atoms with Gasteiger partial charge in [0.05, 0.1) is 5.56 Å². The van der Waals surface area contributed by atoms with Crippen molar-refractivity contribution in [2.75, 3.05) is 0 Å². The molecule has 1 saturated carbocycles. The minimum absolute atomic E-state index is 0.0776. The van der Waals surface area contributed by atoms with Crippen LogP contribution in [0.5, 0.6) is 5.75 Å². The van der Waals surface area contributed by atoms with Crippen molar-refractivity contribution in [1.29, 1.82) is 0 Å². The van der Waals surface area contributed by atoms with Crippen LogP contribution >= 0.6 is 0 Å². The first-order chi connectivity index (χ1) is 11.1. The quantitative estimate of drug-likeness (QED) is 0.803. The van der Waals surface area contributed by atoms with Crippen LogP contribution in [0, 0.1) is 0 Å². The molecule has 0 atom stereocenters. The van der Waals surface area contributed by atoms with Gasteiger partial charge in [-0.05, 0) is 30.5 Å². The van der Waals surface area contributed by atoms with Crippen LogP contribution in [0.1, 0.15) is 28.8 Å². The number of amides is 1. The topological polar surface area (TPSA) is 29.5 Å². The van der Waals surface area contributed by atoms with Crippen molar-refractivity contribution >= 4 is 5.91 Å². The normalized spacial score (nSPS) is 13.9.